The molecule has 0 fully saturated rings. The Bertz CT molecular complexity index is 700. The van der Waals surface area contributed by atoms with Crippen LogP contribution in [0.4, 0.5) is 5.69 Å². The van der Waals surface area contributed by atoms with Crippen molar-refractivity contribution in [3.05, 3.63) is 63.5 Å². The number of aromatic carboxylic acids is 1. The van der Waals surface area contributed by atoms with Crippen molar-refractivity contribution in [3.8, 4) is 5.75 Å². The molecule has 0 saturated heterocycles. The number of hydrogen-bond acceptors (Lipinski definition) is 5. The molecule has 1 aromatic heterocycles. The van der Waals surface area contributed by atoms with Gasteiger partial charge in [0, 0.05) is 17.8 Å². The summed E-state index contributed by atoms with van der Waals surface area (Å²) in [6.45, 7) is 1.66. The molecule has 0 radical (unpaired) electrons. The van der Waals surface area contributed by atoms with Gasteiger partial charge in [-0.25, -0.2) is 4.79 Å². The van der Waals surface area contributed by atoms with Crippen LogP contribution in [0.5, 0.6) is 5.75 Å². The monoisotopic (exact) mass is 288 g/mol. The SMILES string of the molecule is Cc1ncccc1OCc1cccc([N+](=O)[O-])c1C(=O)O. The maximum atomic E-state index is 11.3. The molecule has 0 aliphatic heterocycles. The van der Waals surface area contributed by atoms with E-state index in [-0.39, 0.29) is 17.7 Å². The molecule has 0 amide bonds. The standard InChI is InChI=1S/C14H12N2O5/c1-9-12(6-3-7-15-9)21-8-10-4-2-5-11(16(19)20)13(10)14(17)18/h2-7H,8H2,1H3,(H,17,18). The van der Waals surface area contributed by atoms with Crippen LogP contribution in [-0.4, -0.2) is 21.0 Å². The summed E-state index contributed by atoms with van der Waals surface area (Å²) in [5, 5.41) is 20.1. The molecule has 1 heterocycles. The fraction of sp³-hybridized carbons (Fsp3) is 0.143. The topological polar surface area (TPSA) is 103 Å². The summed E-state index contributed by atoms with van der Waals surface area (Å²) in [6.07, 6.45) is 1.61. The van der Waals surface area contributed by atoms with Crippen LogP contribution in [0.2, 0.25) is 0 Å². The van der Waals surface area contributed by atoms with Crippen LogP contribution >= 0.6 is 0 Å². The second kappa shape index (κ2) is 6.00. The van der Waals surface area contributed by atoms with E-state index >= 15 is 0 Å². The first-order valence-corrected chi connectivity index (χ1v) is 6.04. The molecule has 2 aromatic rings. The minimum absolute atomic E-state index is 0.0875. The number of carbonyl (C=O) groups is 1. The zero-order valence-electron chi connectivity index (χ0n) is 11.1. The van der Waals surface area contributed by atoms with Crippen molar-refractivity contribution in [1.29, 1.82) is 0 Å². The second-order valence-electron chi connectivity index (χ2n) is 4.25. The van der Waals surface area contributed by atoms with Crippen molar-refractivity contribution in [2.45, 2.75) is 13.5 Å². The average molecular weight is 288 g/mol. The number of carboxylic acid groups (broad SMARTS) is 1. The van der Waals surface area contributed by atoms with Gasteiger partial charge in [0.2, 0.25) is 0 Å². The first-order valence-electron chi connectivity index (χ1n) is 6.04. The summed E-state index contributed by atoms with van der Waals surface area (Å²) in [4.78, 5) is 25.5. The molecule has 0 aliphatic rings. The number of nitro benzene ring substituents is 1. The van der Waals surface area contributed by atoms with Gasteiger partial charge >= 0.3 is 5.97 Å². The van der Waals surface area contributed by atoms with Crippen molar-refractivity contribution in [2.75, 3.05) is 0 Å². The molecule has 7 nitrogen and oxygen atoms in total. The summed E-state index contributed by atoms with van der Waals surface area (Å²) in [7, 11) is 0. The molecule has 0 bridgehead atoms. The van der Waals surface area contributed by atoms with Gasteiger partial charge in [0.1, 0.15) is 17.9 Å². The molecular formula is C14H12N2O5. The first-order chi connectivity index (χ1) is 10.0. The molecular weight excluding hydrogens is 276 g/mol. The van der Waals surface area contributed by atoms with Gasteiger partial charge in [0.25, 0.3) is 5.69 Å². The lowest BCUT2D eigenvalue weighted by Gasteiger charge is -2.10. The third-order valence-electron chi connectivity index (χ3n) is 2.88. The number of carboxylic acids is 1. The highest BCUT2D eigenvalue weighted by molar-refractivity contribution is 5.94. The zero-order valence-corrected chi connectivity index (χ0v) is 11.1. The fourth-order valence-corrected chi connectivity index (χ4v) is 1.88. The second-order valence-corrected chi connectivity index (χ2v) is 4.25. The normalized spacial score (nSPS) is 10.1. The first kappa shape index (κ1) is 14.4. The number of nitro groups is 1. The van der Waals surface area contributed by atoms with E-state index < -0.39 is 16.6 Å². The molecule has 1 N–H and O–H groups in total. The Kier molecular flexibility index (Phi) is 4.13. The summed E-state index contributed by atoms with van der Waals surface area (Å²) in [5.41, 5.74) is 0.0790. The van der Waals surface area contributed by atoms with Crippen LogP contribution in [0.1, 0.15) is 21.6 Å². The highest BCUT2D eigenvalue weighted by atomic mass is 16.6. The van der Waals surface area contributed by atoms with E-state index in [1.54, 1.807) is 25.3 Å². The number of rotatable bonds is 5. The Balaban J connectivity index is 2.32. The number of ether oxygens (including phenoxy) is 1. The van der Waals surface area contributed by atoms with E-state index in [1.807, 2.05) is 0 Å². The maximum absolute atomic E-state index is 11.3. The van der Waals surface area contributed by atoms with E-state index in [2.05, 4.69) is 4.98 Å². The highest BCUT2D eigenvalue weighted by Crippen LogP contribution is 2.24. The molecule has 0 spiro atoms. The summed E-state index contributed by atoms with van der Waals surface area (Å²) >= 11 is 0. The van der Waals surface area contributed by atoms with E-state index in [9.17, 15) is 20.0 Å². The van der Waals surface area contributed by atoms with Gasteiger partial charge in [-0.1, -0.05) is 12.1 Å². The van der Waals surface area contributed by atoms with Crippen molar-refractivity contribution >= 4 is 11.7 Å². The fourth-order valence-electron chi connectivity index (χ4n) is 1.88. The average Bonchev–Trinajstić information content (AvgIpc) is 2.45. The van der Waals surface area contributed by atoms with Crippen LogP contribution in [0.3, 0.4) is 0 Å². The molecule has 0 saturated carbocycles. The van der Waals surface area contributed by atoms with E-state index in [4.69, 9.17) is 4.74 Å². The molecule has 1 aromatic carbocycles. The number of aromatic nitrogens is 1. The van der Waals surface area contributed by atoms with Crippen molar-refractivity contribution in [2.24, 2.45) is 0 Å². The van der Waals surface area contributed by atoms with E-state index in [0.29, 0.717) is 11.4 Å². The Morgan fingerprint density at radius 1 is 1.38 bits per heavy atom. The van der Waals surface area contributed by atoms with Gasteiger partial charge < -0.3 is 9.84 Å². The third-order valence-corrected chi connectivity index (χ3v) is 2.88. The lowest BCUT2D eigenvalue weighted by molar-refractivity contribution is -0.385. The van der Waals surface area contributed by atoms with Crippen LogP contribution in [0, 0.1) is 17.0 Å². The Hall–Kier alpha value is -2.96. The van der Waals surface area contributed by atoms with Crippen LogP contribution in [0.15, 0.2) is 36.5 Å². The molecule has 0 atom stereocenters. The van der Waals surface area contributed by atoms with Gasteiger partial charge in [0.15, 0.2) is 0 Å². The minimum Gasteiger partial charge on any atom is -0.487 e. The van der Waals surface area contributed by atoms with Crippen LogP contribution < -0.4 is 4.74 Å². The zero-order chi connectivity index (χ0) is 15.4. The largest absolute Gasteiger partial charge is 0.487 e. The highest BCUT2D eigenvalue weighted by Gasteiger charge is 2.23. The number of aryl methyl sites for hydroxylation is 1. The molecule has 108 valence electrons. The van der Waals surface area contributed by atoms with Crippen molar-refractivity contribution in [1.82, 2.24) is 4.98 Å². The number of nitrogens with zero attached hydrogens (tertiary/aromatic N) is 2. The van der Waals surface area contributed by atoms with Crippen molar-refractivity contribution in [3.63, 3.8) is 0 Å². The molecule has 21 heavy (non-hydrogen) atoms. The predicted octanol–water partition coefficient (Wildman–Crippen LogP) is 2.58. The molecule has 7 heteroatoms. The van der Waals surface area contributed by atoms with E-state index in [0.717, 1.165) is 6.07 Å². The lowest BCUT2D eigenvalue weighted by atomic mass is 10.1. The number of pyridine rings is 1. The Morgan fingerprint density at radius 3 is 2.76 bits per heavy atom. The summed E-state index contributed by atoms with van der Waals surface area (Å²) in [6, 6.07) is 7.46. The van der Waals surface area contributed by atoms with Crippen LogP contribution in [0.25, 0.3) is 0 Å². The maximum Gasteiger partial charge on any atom is 0.343 e. The Morgan fingerprint density at radius 2 is 2.14 bits per heavy atom. The van der Waals surface area contributed by atoms with E-state index in [1.165, 1.54) is 12.1 Å². The summed E-state index contributed by atoms with van der Waals surface area (Å²) < 4.78 is 5.50. The van der Waals surface area contributed by atoms with Gasteiger partial charge in [-0.05, 0) is 19.1 Å². The van der Waals surface area contributed by atoms with Gasteiger partial charge in [-0.3, -0.25) is 15.1 Å². The smallest absolute Gasteiger partial charge is 0.343 e. The third kappa shape index (κ3) is 3.14. The molecule has 2 rings (SSSR count). The minimum atomic E-state index is -1.36. The number of hydrogen-bond donors (Lipinski definition) is 1. The quantitative estimate of drug-likeness (QED) is 0.670. The molecule has 0 aliphatic carbocycles. The van der Waals surface area contributed by atoms with Gasteiger partial charge in [-0.15, -0.1) is 0 Å². The molecule has 0 unspecified atom stereocenters. The summed E-state index contributed by atoms with van der Waals surface area (Å²) in [5.74, 6) is -0.857. The Labute approximate surface area is 120 Å². The van der Waals surface area contributed by atoms with Crippen LogP contribution in [-0.2, 0) is 6.61 Å². The number of benzene rings is 1. The lowest BCUT2D eigenvalue weighted by Crippen LogP contribution is -2.09. The van der Waals surface area contributed by atoms with Gasteiger partial charge in [-0.2, -0.15) is 0 Å². The van der Waals surface area contributed by atoms with Crippen molar-refractivity contribution < 1.29 is 19.6 Å². The van der Waals surface area contributed by atoms with Gasteiger partial charge in [0.05, 0.1) is 10.6 Å². The predicted molar refractivity (Wildman–Crippen MR) is 73.4 cm³/mol.